The van der Waals surface area contributed by atoms with E-state index in [1.807, 2.05) is 13.8 Å². The van der Waals surface area contributed by atoms with Crippen LogP contribution in [0.5, 0.6) is 0 Å². The van der Waals surface area contributed by atoms with E-state index in [1.54, 1.807) is 0 Å². The van der Waals surface area contributed by atoms with Crippen LogP contribution in [0.2, 0.25) is 0 Å². The van der Waals surface area contributed by atoms with Crippen molar-refractivity contribution < 1.29 is 0 Å². The average Bonchev–Trinajstić information content (AvgIpc) is 2.54. The topological polar surface area (TPSA) is 3.24 Å². The summed E-state index contributed by atoms with van der Waals surface area (Å²) in [5, 5.41) is 0. The molecule has 1 heteroatoms. The average molecular weight is 209 g/mol. The Kier molecular flexibility index (Phi) is 5.38. The van der Waals surface area contributed by atoms with Crippen LogP contribution in [0.25, 0.3) is 0 Å². The smallest absolute Gasteiger partial charge is 0.00128 e. The van der Waals surface area contributed by atoms with Gasteiger partial charge < -0.3 is 4.90 Å². The first-order valence-corrected chi connectivity index (χ1v) is 6.59. The van der Waals surface area contributed by atoms with Crippen LogP contribution < -0.4 is 0 Å². The van der Waals surface area contributed by atoms with Gasteiger partial charge in [0.2, 0.25) is 0 Å². The Morgan fingerprint density at radius 3 is 2.33 bits per heavy atom. The highest BCUT2D eigenvalue weighted by Crippen LogP contribution is 2.33. The Hall–Kier alpha value is -0.300. The highest BCUT2D eigenvalue weighted by Gasteiger charge is 2.31. The number of rotatable bonds is 0. The summed E-state index contributed by atoms with van der Waals surface area (Å²) >= 11 is 0. The molecule has 1 nitrogen and oxygen atoms in total. The molecular weight excluding hydrogens is 182 g/mol. The molecule has 0 aromatic heterocycles. The quantitative estimate of drug-likeness (QED) is 0.551. The van der Waals surface area contributed by atoms with Gasteiger partial charge in [-0.05, 0) is 44.1 Å². The number of likely N-dealkylation sites (tertiary alicyclic amines) is 1. The molecule has 1 heterocycles. The number of nitrogens with zero attached hydrogens (tertiary/aromatic N) is 1. The lowest BCUT2D eigenvalue weighted by Crippen LogP contribution is -2.16. The third-order valence-corrected chi connectivity index (χ3v) is 3.61. The molecule has 0 bridgehead atoms. The molecule has 3 atom stereocenters. The lowest BCUT2D eigenvalue weighted by molar-refractivity contribution is 0.326. The fourth-order valence-corrected chi connectivity index (χ4v) is 2.92. The first-order chi connectivity index (χ1) is 7.25. The summed E-state index contributed by atoms with van der Waals surface area (Å²) in [6.07, 6.45) is 8.86. The van der Waals surface area contributed by atoms with Gasteiger partial charge in [-0.1, -0.05) is 32.9 Å². The van der Waals surface area contributed by atoms with Gasteiger partial charge in [-0.2, -0.15) is 0 Å². The number of hydrogen-bond acceptors (Lipinski definition) is 1. The van der Waals surface area contributed by atoms with Gasteiger partial charge in [0.15, 0.2) is 0 Å². The van der Waals surface area contributed by atoms with Crippen molar-refractivity contribution in [3.05, 3.63) is 12.2 Å². The minimum absolute atomic E-state index is 0.899. The van der Waals surface area contributed by atoms with Crippen molar-refractivity contribution in [2.45, 2.75) is 40.0 Å². The van der Waals surface area contributed by atoms with Crippen LogP contribution in [0.3, 0.4) is 0 Å². The summed E-state index contributed by atoms with van der Waals surface area (Å²) in [5.41, 5.74) is 0. The van der Waals surface area contributed by atoms with E-state index in [-0.39, 0.29) is 0 Å². The molecule has 15 heavy (non-hydrogen) atoms. The highest BCUT2D eigenvalue weighted by atomic mass is 15.1. The molecule has 0 amide bonds. The molecule has 1 aliphatic carbocycles. The van der Waals surface area contributed by atoms with Gasteiger partial charge in [0.1, 0.15) is 0 Å². The molecule has 0 aromatic rings. The minimum Gasteiger partial charge on any atom is -0.306 e. The summed E-state index contributed by atoms with van der Waals surface area (Å²) < 4.78 is 0. The molecule has 0 spiro atoms. The minimum atomic E-state index is 0.899. The number of allylic oxidation sites excluding steroid dienone is 2. The maximum absolute atomic E-state index is 2.50. The zero-order valence-electron chi connectivity index (χ0n) is 10.9. The van der Waals surface area contributed by atoms with Gasteiger partial charge in [0.05, 0.1) is 0 Å². The van der Waals surface area contributed by atoms with Crippen LogP contribution in [0, 0.1) is 17.8 Å². The highest BCUT2D eigenvalue weighted by molar-refractivity contribution is 4.94. The molecule has 2 aliphatic rings. The predicted octanol–water partition coefficient (Wildman–Crippen LogP) is 3.57. The van der Waals surface area contributed by atoms with E-state index >= 15 is 0 Å². The van der Waals surface area contributed by atoms with Crippen LogP contribution >= 0.6 is 0 Å². The van der Waals surface area contributed by atoms with E-state index in [0.29, 0.717) is 0 Å². The van der Waals surface area contributed by atoms with Crippen molar-refractivity contribution in [2.24, 2.45) is 17.8 Å². The third kappa shape index (κ3) is 3.64. The maximum atomic E-state index is 2.50. The zero-order valence-corrected chi connectivity index (χ0v) is 10.9. The fourth-order valence-electron chi connectivity index (χ4n) is 2.92. The summed E-state index contributed by atoms with van der Waals surface area (Å²) in [6, 6.07) is 0. The van der Waals surface area contributed by atoms with Crippen LogP contribution in [0.15, 0.2) is 12.2 Å². The maximum Gasteiger partial charge on any atom is 0.00128 e. The van der Waals surface area contributed by atoms with Gasteiger partial charge >= 0.3 is 0 Å². The fraction of sp³-hybridized carbons (Fsp3) is 0.857. The summed E-state index contributed by atoms with van der Waals surface area (Å²) in [4.78, 5) is 2.50. The molecule has 2 rings (SSSR count). The molecule has 0 radical (unpaired) electrons. The monoisotopic (exact) mass is 209 g/mol. The molecule has 0 saturated carbocycles. The van der Waals surface area contributed by atoms with Gasteiger partial charge in [0.25, 0.3) is 0 Å². The van der Waals surface area contributed by atoms with Crippen molar-refractivity contribution >= 4 is 0 Å². The Balaban J connectivity index is 0.000000531. The van der Waals surface area contributed by atoms with Crippen molar-refractivity contribution in [1.82, 2.24) is 4.90 Å². The van der Waals surface area contributed by atoms with Crippen LogP contribution in [-0.4, -0.2) is 25.0 Å². The Morgan fingerprint density at radius 2 is 1.60 bits per heavy atom. The molecule has 1 saturated heterocycles. The first-order valence-electron chi connectivity index (χ1n) is 6.59. The van der Waals surface area contributed by atoms with E-state index in [4.69, 9.17) is 0 Å². The van der Waals surface area contributed by atoms with E-state index in [0.717, 1.165) is 17.8 Å². The Morgan fingerprint density at radius 1 is 1.00 bits per heavy atom. The van der Waals surface area contributed by atoms with Crippen LogP contribution in [0.4, 0.5) is 0 Å². The van der Waals surface area contributed by atoms with Gasteiger partial charge in [-0.3, -0.25) is 0 Å². The molecule has 3 unspecified atom stereocenters. The van der Waals surface area contributed by atoms with Gasteiger partial charge in [0, 0.05) is 13.1 Å². The van der Waals surface area contributed by atoms with Crippen molar-refractivity contribution in [3.8, 4) is 0 Å². The van der Waals surface area contributed by atoms with E-state index in [2.05, 4.69) is 31.0 Å². The van der Waals surface area contributed by atoms with E-state index in [9.17, 15) is 0 Å². The van der Waals surface area contributed by atoms with Crippen molar-refractivity contribution in [3.63, 3.8) is 0 Å². The van der Waals surface area contributed by atoms with E-state index < -0.39 is 0 Å². The summed E-state index contributed by atoms with van der Waals surface area (Å²) in [5.74, 6) is 2.82. The second-order valence-electron chi connectivity index (χ2n) is 5.03. The predicted molar refractivity (Wildman–Crippen MR) is 68.0 cm³/mol. The second kappa shape index (κ2) is 6.32. The third-order valence-electron chi connectivity index (χ3n) is 3.61. The number of hydrogen-bond donors (Lipinski definition) is 0. The van der Waals surface area contributed by atoms with Crippen LogP contribution in [-0.2, 0) is 0 Å². The van der Waals surface area contributed by atoms with Gasteiger partial charge in [-0.25, -0.2) is 0 Å². The SMILES string of the molecule is CC.CC1CC=CCC2CN(C)CC2C1. The van der Waals surface area contributed by atoms with Crippen molar-refractivity contribution in [2.75, 3.05) is 20.1 Å². The Bertz CT molecular complexity index is 198. The second-order valence-corrected chi connectivity index (χ2v) is 5.03. The lowest BCUT2D eigenvalue weighted by Gasteiger charge is -2.22. The molecule has 0 aromatic carbocycles. The first kappa shape index (κ1) is 12.8. The zero-order chi connectivity index (χ0) is 11.3. The molecule has 1 aliphatic heterocycles. The lowest BCUT2D eigenvalue weighted by atomic mass is 9.82. The molecular formula is C14H27N. The van der Waals surface area contributed by atoms with Crippen LogP contribution in [0.1, 0.15) is 40.0 Å². The summed E-state index contributed by atoms with van der Waals surface area (Å²) in [7, 11) is 2.26. The van der Waals surface area contributed by atoms with Gasteiger partial charge in [-0.15, -0.1) is 0 Å². The van der Waals surface area contributed by atoms with E-state index in [1.165, 1.54) is 32.4 Å². The standard InChI is InChI=1S/C12H21N.C2H6/c1-10-5-3-4-6-11-8-13(2)9-12(11)7-10;1-2/h3-4,10-12H,5-9H2,1-2H3;1-2H3. The normalized spacial score (nSPS) is 36.1. The largest absolute Gasteiger partial charge is 0.306 e. The molecule has 88 valence electrons. The number of fused-ring (bicyclic) bond motifs is 1. The van der Waals surface area contributed by atoms with Crippen molar-refractivity contribution in [1.29, 1.82) is 0 Å². The molecule has 1 fully saturated rings. The Labute approximate surface area is 95.5 Å². The summed E-state index contributed by atoms with van der Waals surface area (Å²) in [6.45, 7) is 9.05. The molecule has 0 N–H and O–H groups in total.